The van der Waals surface area contributed by atoms with E-state index >= 15 is 0 Å². The molecule has 0 aliphatic heterocycles. The minimum Gasteiger partial charge on any atom is -0.493 e. The van der Waals surface area contributed by atoms with Gasteiger partial charge in [-0.15, -0.1) is 0 Å². The fourth-order valence-corrected chi connectivity index (χ4v) is 3.85. The molecule has 0 saturated heterocycles. The molecule has 2 N–H and O–H groups in total. The van der Waals surface area contributed by atoms with Crippen molar-refractivity contribution in [1.29, 1.82) is 0 Å². The smallest absolute Gasteiger partial charge is 0.258 e. The third-order valence-corrected chi connectivity index (χ3v) is 5.73. The molecule has 0 aliphatic rings. The van der Waals surface area contributed by atoms with Crippen molar-refractivity contribution in [2.45, 2.75) is 40.7 Å². The van der Waals surface area contributed by atoms with Gasteiger partial charge in [0.2, 0.25) is 5.96 Å². The zero-order valence-corrected chi connectivity index (χ0v) is 20.7. The monoisotopic (exact) mass is 463 g/mol. The number of hydrogen-bond acceptors (Lipinski definition) is 5. The Balaban J connectivity index is 1.84. The second kappa shape index (κ2) is 11.4. The van der Waals surface area contributed by atoms with Crippen molar-refractivity contribution in [1.82, 2.24) is 15.1 Å². The summed E-state index contributed by atoms with van der Waals surface area (Å²) in [4.78, 5) is 17.7. The highest BCUT2D eigenvalue weighted by atomic mass is 16.5. The third kappa shape index (κ3) is 5.75. The van der Waals surface area contributed by atoms with E-state index in [4.69, 9.17) is 9.47 Å². The van der Waals surface area contributed by atoms with Crippen molar-refractivity contribution in [3.8, 4) is 11.5 Å². The lowest BCUT2D eigenvalue weighted by atomic mass is 10.1. The van der Waals surface area contributed by atoms with Gasteiger partial charge in [-0.3, -0.25) is 19.8 Å². The molecule has 0 aliphatic carbocycles. The Morgan fingerprint density at radius 3 is 2.44 bits per heavy atom. The lowest BCUT2D eigenvalue weighted by molar-refractivity contribution is 0.0976. The molecule has 180 valence electrons. The molecule has 0 fully saturated rings. The van der Waals surface area contributed by atoms with Crippen LogP contribution in [0.1, 0.15) is 39.8 Å². The maximum absolute atomic E-state index is 13.0. The average molecular weight is 464 g/mol. The van der Waals surface area contributed by atoms with E-state index in [0.29, 0.717) is 35.3 Å². The zero-order valence-electron chi connectivity index (χ0n) is 20.7. The van der Waals surface area contributed by atoms with Crippen LogP contribution in [-0.2, 0) is 13.0 Å². The van der Waals surface area contributed by atoms with E-state index in [9.17, 15) is 4.79 Å². The Labute approximate surface area is 201 Å². The van der Waals surface area contributed by atoms with E-state index < -0.39 is 0 Å². The molecule has 0 unspecified atom stereocenters. The van der Waals surface area contributed by atoms with Gasteiger partial charge in [-0.1, -0.05) is 18.2 Å². The van der Waals surface area contributed by atoms with Gasteiger partial charge in [-0.2, -0.15) is 5.10 Å². The summed E-state index contributed by atoms with van der Waals surface area (Å²) >= 11 is 0. The fourth-order valence-electron chi connectivity index (χ4n) is 3.85. The van der Waals surface area contributed by atoms with Gasteiger partial charge in [-0.05, 0) is 63.4 Å². The summed E-state index contributed by atoms with van der Waals surface area (Å²) in [7, 11) is 3.17. The molecule has 8 heteroatoms. The highest BCUT2D eigenvalue weighted by Crippen LogP contribution is 2.29. The molecular weight excluding hydrogens is 430 g/mol. The number of guanidine groups is 1. The Kier molecular flexibility index (Phi) is 8.29. The Bertz CT molecular complexity index is 1180. The zero-order chi connectivity index (χ0) is 24.7. The average Bonchev–Trinajstić information content (AvgIpc) is 3.11. The van der Waals surface area contributed by atoms with Crippen molar-refractivity contribution >= 4 is 17.6 Å². The van der Waals surface area contributed by atoms with Gasteiger partial charge < -0.3 is 14.8 Å². The number of carbonyl (C=O) groups is 1. The van der Waals surface area contributed by atoms with Gasteiger partial charge in [0.1, 0.15) is 0 Å². The van der Waals surface area contributed by atoms with E-state index in [1.165, 1.54) is 5.56 Å². The Morgan fingerprint density at radius 1 is 1.06 bits per heavy atom. The number of aliphatic imine (C=N–C) groups is 1. The number of carbonyl (C=O) groups excluding carboxylic acids is 1. The molecule has 2 aromatic carbocycles. The number of anilines is 1. The first-order chi connectivity index (χ1) is 16.4. The summed E-state index contributed by atoms with van der Waals surface area (Å²) < 4.78 is 12.7. The summed E-state index contributed by atoms with van der Waals surface area (Å²) in [6, 6.07) is 12.9. The molecule has 8 nitrogen and oxygen atoms in total. The minimum atomic E-state index is -0.226. The second-order valence-electron chi connectivity index (χ2n) is 7.91. The summed E-state index contributed by atoms with van der Waals surface area (Å²) in [5.41, 5.74) is 5.54. The number of aromatic nitrogens is 2. The van der Waals surface area contributed by atoms with E-state index in [-0.39, 0.29) is 5.91 Å². The largest absolute Gasteiger partial charge is 0.493 e. The first-order valence-electron chi connectivity index (χ1n) is 11.3. The lowest BCUT2D eigenvalue weighted by Crippen LogP contribution is -2.36. The van der Waals surface area contributed by atoms with Gasteiger partial charge in [-0.25, -0.2) is 0 Å². The highest BCUT2D eigenvalue weighted by Gasteiger charge is 2.14. The van der Waals surface area contributed by atoms with Gasteiger partial charge in [0.15, 0.2) is 11.5 Å². The van der Waals surface area contributed by atoms with E-state index in [1.807, 2.05) is 42.8 Å². The van der Waals surface area contributed by atoms with Crippen LogP contribution in [0.5, 0.6) is 11.5 Å². The van der Waals surface area contributed by atoms with E-state index in [2.05, 4.69) is 34.6 Å². The molecule has 3 rings (SSSR count). The Hall–Kier alpha value is -3.81. The number of amides is 1. The predicted octanol–water partition coefficient (Wildman–Crippen LogP) is 4.29. The quantitative estimate of drug-likeness (QED) is 0.384. The van der Waals surface area contributed by atoms with Gasteiger partial charge in [0, 0.05) is 36.1 Å². The number of benzene rings is 2. The minimum absolute atomic E-state index is 0.226. The number of nitrogens with one attached hydrogen (secondary N) is 2. The molecule has 1 aromatic heterocycles. The SMILES string of the molecule is CCn1nc(C)c(CCN=C(NC(=O)c2ccccc2C)Nc2ccc(OC)c(OC)c2)c1C. The molecule has 0 atom stereocenters. The van der Waals surface area contributed by atoms with Gasteiger partial charge in [0.25, 0.3) is 5.91 Å². The van der Waals surface area contributed by atoms with Crippen LogP contribution in [0.15, 0.2) is 47.5 Å². The number of rotatable bonds is 8. The normalized spacial score (nSPS) is 11.3. The second-order valence-corrected chi connectivity index (χ2v) is 7.91. The molecule has 3 aromatic rings. The van der Waals surface area contributed by atoms with Gasteiger partial charge >= 0.3 is 0 Å². The maximum Gasteiger partial charge on any atom is 0.258 e. The molecule has 34 heavy (non-hydrogen) atoms. The van der Waals surface area contributed by atoms with Gasteiger partial charge in [0.05, 0.1) is 19.9 Å². The van der Waals surface area contributed by atoms with Crippen molar-refractivity contribution in [3.63, 3.8) is 0 Å². The van der Waals surface area contributed by atoms with Crippen molar-refractivity contribution < 1.29 is 14.3 Å². The number of methoxy groups -OCH3 is 2. The number of hydrogen-bond donors (Lipinski definition) is 2. The van der Waals surface area contributed by atoms with Crippen LogP contribution in [0.4, 0.5) is 5.69 Å². The van der Waals surface area contributed by atoms with E-state index in [1.54, 1.807) is 32.4 Å². The number of nitrogens with zero attached hydrogens (tertiary/aromatic N) is 3. The summed E-state index contributed by atoms with van der Waals surface area (Å²) in [6.07, 6.45) is 0.717. The standard InChI is InChI=1S/C26H33N5O3/c1-7-31-19(4)22(18(3)30-31)14-15-27-26(29-25(32)21-11-9-8-10-17(21)2)28-20-12-13-23(33-5)24(16-20)34-6/h8-13,16H,7,14-15H2,1-6H3,(H2,27,28,29,32). The van der Waals surface area contributed by atoms with Crippen LogP contribution >= 0.6 is 0 Å². The van der Waals surface area contributed by atoms with Crippen LogP contribution in [0.2, 0.25) is 0 Å². The molecule has 0 radical (unpaired) electrons. The van der Waals surface area contributed by atoms with Crippen molar-refractivity contribution in [2.75, 3.05) is 26.1 Å². The molecule has 0 spiro atoms. The summed E-state index contributed by atoms with van der Waals surface area (Å²) in [5.74, 6) is 1.33. The predicted molar refractivity (Wildman–Crippen MR) is 135 cm³/mol. The highest BCUT2D eigenvalue weighted by molar-refractivity contribution is 6.10. The lowest BCUT2D eigenvalue weighted by Gasteiger charge is -2.15. The summed E-state index contributed by atoms with van der Waals surface area (Å²) in [5, 5.41) is 10.7. The topological polar surface area (TPSA) is 89.8 Å². The Morgan fingerprint density at radius 2 is 1.79 bits per heavy atom. The molecule has 1 amide bonds. The number of ether oxygens (including phenoxy) is 2. The molecule has 0 bridgehead atoms. The summed E-state index contributed by atoms with van der Waals surface area (Å²) in [6.45, 7) is 9.39. The molecule has 0 saturated carbocycles. The van der Waals surface area contributed by atoms with Crippen LogP contribution in [0, 0.1) is 20.8 Å². The van der Waals surface area contributed by atoms with Crippen molar-refractivity contribution in [2.24, 2.45) is 4.99 Å². The fraction of sp³-hybridized carbons (Fsp3) is 0.346. The van der Waals surface area contributed by atoms with Crippen LogP contribution in [0.3, 0.4) is 0 Å². The maximum atomic E-state index is 13.0. The first-order valence-corrected chi connectivity index (χ1v) is 11.3. The van der Waals surface area contributed by atoms with Crippen LogP contribution in [0.25, 0.3) is 0 Å². The first kappa shape index (κ1) is 24.8. The van der Waals surface area contributed by atoms with E-state index in [0.717, 1.165) is 29.9 Å². The molecular formula is C26H33N5O3. The van der Waals surface area contributed by atoms with Crippen molar-refractivity contribution in [3.05, 3.63) is 70.5 Å². The number of aryl methyl sites for hydroxylation is 3. The van der Waals surface area contributed by atoms with Crippen LogP contribution < -0.4 is 20.1 Å². The molecule has 1 heterocycles. The third-order valence-electron chi connectivity index (χ3n) is 5.73. The van der Waals surface area contributed by atoms with Crippen LogP contribution in [-0.4, -0.2) is 42.4 Å².